The maximum absolute atomic E-state index is 6.03. The molecule has 98 valence electrons. The minimum Gasteiger partial charge on any atom is -0.489 e. The summed E-state index contributed by atoms with van der Waals surface area (Å²) in [4.78, 5) is 0. The second-order valence-electron chi connectivity index (χ2n) is 5.65. The molecular formula is C15H20BrNO. The topological polar surface area (TPSA) is 35.2 Å². The van der Waals surface area contributed by atoms with E-state index in [0.29, 0.717) is 6.10 Å². The molecule has 2 N–H and O–H groups in total. The molecular weight excluding hydrogens is 290 g/mol. The molecule has 2 fully saturated rings. The maximum atomic E-state index is 6.03. The largest absolute Gasteiger partial charge is 0.489 e. The van der Waals surface area contributed by atoms with Gasteiger partial charge in [-0.15, -0.1) is 0 Å². The molecule has 0 amide bonds. The molecule has 2 aliphatic carbocycles. The fourth-order valence-corrected chi connectivity index (χ4v) is 3.43. The lowest BCUT2D eigenvalue weighted by Crippen LogP contribution is -2.31. The van der Waals surface area contributed by atoms with Crippen molar-refractivity contribution in [3.8, 4) is 5.75 Å². The summed E-state index contributed by atoms with van der Waals surface area (Å²) in [5.41, 5.74) is 7.61. The van der Waals surface area contributed by atoms with Crippen LogP contribution in [0.4, 0.5) is 0 Å². The second kappa shape index (κ2) is 4.86. The summed E-state index contributed by atoms with van der Waals surface area (Å²) in [5, 5.41) is 0. The Morgan fingerprint density at radius 2 is 2.00 bits per heavy atom. The van der Waals surface area contributed by atoms with Crippen molar-refractivity contribution in [3.05, 3.63) is 28.2 Å². The number of hydrogen-bond donors (Lipinski definition) is 1. The van der Waals surface area contributed by atoms with E-state index in [4.69, 9.17) is 10.5 Å². The van der Waals surface area contributed by atoms with Crippen molar-refractivity contribution in [1.29, 1.82) is 0 Å². The van der Waals surface area contributed by atoms with E-state index in [1.807, 2.05) is 0 Å². The number of rotatable bonds is 4. The third-order valence-corrected chi connectivity index (χ3v) is 4.93. The minimum absolute atomic E-state index is 0.209. The average Bonchev–Trinajstić information content (AvgIpc) is 3.06. The molecule has 0 aliphatic heterocycles. The number of halogens is 1. The van der Waals surface area contributed by atoms with E-state index in [9.17, 15) is 0 Å². The van der Waals surface area contributed by atoms with Crippen molar-refractivity contribution in [2.45, 2.75) is 50.0 Å². The lowest BCUT2D eigenvalue weighted by Gasteiger charge is -2.28. The zero-order valence-corrected chi connectivity index (χ0v) is 12.2. The summed E-state index contributed by atoms with van der Waals surface area (Å²) >= 11 is 3.64. The van der Waals surface area contributed by atoms with E-state index in [-0.39, 0.29) is 5.41 Å². The van der Waals surface area contributed by atoms with E-state index >= 15 is 0 Å². The van der Waals surface area contributed by atoms with Crippen LogP contribution in [-0.4, -0.2) is 12.6 Å². The van der Waals surface area contributed by atoms with Gasteiger partial charge in [0.2, 0.25) is 0 Å². The van der Waals surface area contributed by atoms with Crippen LogP contribution < -0.4 is 10.5 Å². The van der Waals surface area contributed by atoms with Gasteiger partial charge >= 0.3 is 0 Å². The quantitative estimate of drug-likeness (QED) is 0.919. The lowest BCUT2D eigenvalue weighted by molar-refractivity contribution is 0.301. The Bertz CT molecular complexity index is 436. The third-order valence-electron chi connectivity index (χ3n) is 4.31. The van der Waals surface area contributed by atoms with E-state index < -0.39 is 0 Å². The number of hydrogen-bond acceptors (Lipinski definition) is 2. The van der Waals surface area contributed by atoms with Crippen LogP contribution in [0, 0.1) is 0 Å². The smallest absolute Gasteiger partial charge is 0.133 e. The van der Waals surface area contributed by atoms with Crippen molar-refractivity contribution in [3.63, 3.8) is 0 Å². The monoisotopic (exact) mass is 309 g/mol. The molecule has 0 aromatic heterocycles. The molecule has 3 rings (SSSR count). The van der Waals surface area contributed by atoms with Crippen LogP contribution in [0.25, 0.3) is 0 Å². The van der Waals surface area contributed by atoms with Gasteiger partial charge in [-0.1, -0.05) is 18.9 Å². The van der Waals surface area contributed by atoms with Crippen LogP contribution in [-0.2, 0) is 5.41 Å². The second-order valence-corrected chi connectivity index (χ2v) is 6.51. The fourth-order valence-electron chi connectivity index (χ4n) is 2.95. The van der Waals surface area contributed by atoms with Crippen LogP contribution >= 0.6 is 15.9 Å². The molecule has 0 saturated heterocycles. The maximum Gasteiger partial charge on any atom is 0.133 e. The molecule has 0 radical (unpaired) electrons. The summed E-state index contributed by atoms with van der Waals surface area (Å²) < 4.78 is 6.94. The van der Waals surface area contributed by atoms with Crippen molar-refractivity contribution in [2.24, 2.45) is 5.73 Å². The SMILES string of the molecule is NCC1(c2ccc(OC3CC3)c(Br)c2)CCCC1. The molecule has 0 bridgehead atoms. The Labute approximate surface area is 117 Å². The van der Waals surface area contributed by atoms with Gasteiger partial charge in [0.1, 0.15) is 5.75 Å². The van der Waals surface area contributed by atoms with Crippen molar-refractivity contribution in [2.75, 3.05) is 6.54 Å². The van der Waals surface area contributed by atoms with Gasteiger partial charge in [-0.05, 0) is 59.3 Å². The summed E-state index contributed by atoms with van der Waals surface area (Å²) in [6.45, 7) is 0.752. The molecule has 1 aromatic carbocycles. The van der Waals surface area contributed by atoms with E-state index in [0.717, 1.165) is 16.8 Å². The van der Waals surface area contributed by atoms with E-state index in [2.05, 4.69) is 34.1 Å². The highest BCUT2D eigenvalue weighted by molar-refractivity contribution is 9.10. The standard InChI is InChI=1S/C15H20BrNO/c16-13-9-11(15(10-17)7-1-2-8-15)3-6-14(13)18-12-4-5-12/h3,6,9,12H,1-2,4-5,7-8,10,17H2. The van der Waals surface area contributed by atoms with Crippen molar-refractivity contribution < 1.29 is 4.74 Å². The van der Waals surface area contributed by atoms with Gasteiger partial charge in [0.25, 0.3) is 0 Å². The lowest BCUT2D eigenvalue weighted by atomic mass is 9.79. The number of ether oxygens (including phenoxy) is 1. The van der Waals surface area contributed by atoms with Gasteiger partial charge < -0.3 is 10.5 Å². The zero-order chi connectivity index (χ0) is 12.6. The van der Waals surface area contributed by atoms with Crippen molar-refractivity contribution in [1.82, 2.24) is 0 Å². The Hall–Kier alpha value is -0.540. The minimum atomic E-state index is 0.209. The van der Waals surface area contributed by atoms with Crippen LogP contribution in [0.3, 0.4) is 0 Å². The van der Waals surface area contributed by atoms with Gasteiger partial charge in [0.15, 0.2) is 0 Å². The number of benzene rings is 1. The summed E-state index contributed by atoms with van der Waals surface area (Å²) in [7, 11) is 0. The van der Waals surface area contributed by atoms with Gasteiger partial charge in [0.05, 0.1) is 10.6 Å². The van der Waals surface area contributed by atoms with E-state index in [1.165, 1.54) is 44.1 Å². The molecule has 0 heterocycles. The predicted molar refractivity (Wildman–Crippen MR) is 77.0 cm³/mol. The fraction of sp³-hybridized carbons (Fsp3) is 0.600. The van der Waals surface area contributed by atoms with Crippen LogP contribution in [0.15, 0.2) is 22.7 Å². The highest BCUT2D eigenvalue weighted by Crippen LogP contribution is 2.42. The average molecular weight is 310 g/mol. The van der Waals surface area contributed by atoms with Crippen molar-refractivity contribution >= 4 is 15.9 Å². The Morgan fingerprint density at radius 1 is 1.28 bits per heavy atom. The number of nitrogens with two attached hydrogens (primary N) is 1. The zero-order valence-electron chi connectivity index (χ0n) is 10.6. The Kier molecular flexibility index (Phi) is 3.37. The normalized spacial score (nSPS) is 22.1. The highest BCUT2D eigenvalue weighted by atomic mass is 79.9. The van der Waals surface area contributed by atoms with Crippen LogP contribution in [0.5, 0.6) is 5.75 Å². The summed E-state index contributed by atoms with van der Waals surface area (Å²) in [6, 6.07) is 6.53. The molecule has 0 unspecified atom stereocenters. The molecule has 2 nitrogen and oxygen atoms in total. The first-order valence-electron chi connectivity index (χ1n) is 6.90. The third kappa shape index (κ3) is 2.30. The first kappa shape index (κ1) is 12.5. The molecule has 3 heteroatoms. The first-order valence-corrected chi connectivity index (χ1v) is 7.70. The predicted octanol–water partition coefficient (Wildman–Crippen LogP) is 3.76. The molecule has 0 spiro atoms. The van der Waals surface area contributed by atoms with Gasteiger partial charge in [-0.25, -0.2) is 0 Å². The van der Waals surface area contributed by atoms with Crippen LogP contribution in [0.2, 0.25) is 0 Å². The van der Waals surface area contributed by atoms with Gasteiger partial charge in [-0.3, -0.25) is 0 Å². The first-order chi connectivity index (χ1) is 8.73. The highest BCUT2D eigenvalue weighted by Gasteiger charge is 2.34. The molecule has 1 aromatic rings. The van der Waals surface area contributed by atoms with Gasteiger partial charge in [-0.2, -0.15) is 0 Å². The van der Waals surface area contributed by atoms with Gasteiger partial charge in [0, 0.05) is 12.0 Å². The molecule has 2 saturated carbocycles. The molecule has 0 atom stereocenters. The van der Waals surface area contributed by atoms with Crippen LogP contribution in [0.1, 0.15) is 44.1 Å². The molecule has 18 heavy (non-hydrogen) atoms. The molecule has 2 aliphatic rings. The summed E-state index contributed by atoms with van der Waals surface area (Å²) in [5.74, 6) is 0.978. The Morgan fingerprint density at radius 3 is 2.56 bits per heavy atom. The summed E-state index contributed by atoms with van der Waals surface area (Å²) in [6.07, 6.45) is 7.88. The van der Waals surface area contributed by atoms with E-state index in [1.54, 1.807) is 0 Å². The Balaban J connectivity index is 1.86.